The Morgan fingerprint density at radius 3 is 2.50 bits per heavy atom. The number of primary sulfonamides is 1. The molecule has 1 aliphatic rings. The minimum Gasteiger partial charge on any atom is -0.462 e. The number of carbonyl (C=O) groups is 2. The van der Waals surface area contributed by atoms with Gasteiger partial charge in [0.25, 0.3) is 0 Å². The van der Waals surface area contributed by atoms with Crippen LogP contribution in [-0.2, 0) is 32.5 Å². The number of nitrogens with two attached hydrogens (primary N) is 1. The van der Waals surface area contributed by atoms with Gasteiger partial charge in [-0.15, -0.1) is 0 Å². The van der Waals surface area contributed by atoms with Crippen molar-refractivity contribution in [2.45, 2.75) is 50.6 Å². The number of anilines is 3. The van der Waals surface area contributed by atoms with E-state index < -0.39 is 16.0 Å². The molecule has 4 N–H and O–H groups in total. The number of nitrogens with zero attached hydrogens (tertiary/aromatic N) is 5. The number of piperidine rings is 1. The molecule has 1 aromatic carbocycles. The summed E-state index contributed by atoms with van der Waals surface area (Å²) in [5.74, 6) is 0.159. The highest BCUT2D eigenvalue weighted by Crippen LogP contribution is 2.26. The molecule has 0 spiro atoms. The molecule has 0 atom stereocenters. The number of hydrogen-bond donors (Lipinski definition) is 3. The van der Waals surface area contributed by atoms with Gasteiger partial charge >= 0.3 is 5.97 Å². The van der Waals surface area contributed by atoms with Gasteiger partial charge in [0.15, 0.2) is 5.13 Å². The highest BCUT2D eigenvalue weighted by Gasteiger charge is 2.25. The molecule has 15 heteroatoms. The molecule has 1 amide bonds. The number of amides is 1. The van der Waals surface area contributed by atoms with Crippen LogP contribution >= 0.6 is 11.3 Å². The summed E-state index contributed by atoms with van der Waals surface area (Å²) in [4.78, 5) is 43.5. The predicted octanol–water partition coefficient (Wildman–Crippen LogP) is 2.52. The van der Waals surface area contributed by atoms with Gasteiger partial charge in [-0.3, -0.25) is 10.1 Å². The Morgan fingerprint density at radius 1 is 1.17 bits per heavy atom. The summed E-state index contributed by atoms with van der Waals surface area (Å²) in [7, 11) is 0.122. The Morgan fingerprint density at radius 2 is 1.86 bits per heavy atom. The average Bonchev–Trinajstić information content (AvgIpc) is 3.31. The van der Waals surface area contributed by atoms with Crippen molar-refractivity contribution in [3.63, 3.8) is 0 Å². The van der Waals surface area contributed by atoms with Gasteiger partial charge in [-0.2, -0.15) is 4.98 Å². The zero-order valence-corrected chi connectivity index (χ0v) is 25.7. The lowest BCUT2D eigenvalue weighted by atomic mass is 10.0. The average molecular weight is 617 g/mol. The van der Waals surface area contributed by atoms with Gasteiger partial charge in [0.2, 0.25) is 21.9 Å². The van der Waals surface area contributed by atoms with Gasteiger partial charge in [-0.1, -0.05) is 23.5 Å². The fraction of sp³-hybridized carbons (Fsp3) is 0.444. The standard InChI is InChI=1S/C27H36N8O5S2/c1-5-40-25(37)24-17(2)30-27(41-24)33-26-31-19(15-23(36)35(4)20-10-12-34(3)13-11-20)14-22(32-26)29-16-18-6-8-21(9-7-18)42(28,38)39/h6-9,14,20H,5,10-13,15-16H2,1-4H3,(H2,28,38,39)(H2,29,30,31,32,33). The molecule has 0 radical (unpaired) electrons. The fourth-order valence-corrected chi connectivity index (χ4v) is 5.89. The van der Waals surface area contributed by atoms with E-state index in [-0.39, 0.29) is 35.8 Å². The van der Waals surface area contributed by atoms with Crippen LogP contribution in [0.1, 0.15) is 46.4 Å². The van der Waals surface area contributed by atoms with Crippen molar-refractivity contribution in [1.82, 2.24) is 24.8 Å². The maximum atomic E-state index is 13.2. The van der Waals surface area contributed by atoms with Crippen LogP contribution in [0.5, 0.6) is 0 Å². The first-order chi connectivity index (χ1) is 19.9. The van der Waals surface area contributed by atoms with Gasteiger partial charge in [0.05, 0.1) is 29.3 Å². The van der Waals surface area contributed by atoms with Crippen LogP contribution in [0.2, 0.25) is 0 Å². The van der Waals surface area contributed by atoms with E-state index in [1.807, 2.05) is 7.05 Å². The van der Waals surface area contributed by atoms with Gasteiger partial charge < -0.3 is 19.9 Å². The monoisotopic (exact) mass is 616 g/mol. The Labute approximate surface area is 249 Å². The fourth-order valence-electron chi connectivity index (χ4n) is 4.52. The topological polar surface area (TPSA) is 173 Å². The first-order valence-corrected chi connectivity index (χ1v) is 15.9. The van der Waals surface area contributed by atoms with Crippen molar-refractivity contribution >= 4 is 50.1 Å². The second-order valence-electron chi connectivity index (χ2n) is 10.1. The number of ether oxygens (including phenoxy) is 1. The molecule has 2 aromatic heterocycles. The Kier molecular flexibility index (Phi) is 10.1. The van der Waals surface area contributed by atoms with Gasteiger partial charge in [0, 0.05) is 25.7 Å². The van der Waals surface area contributed by atoms with Crippen molar-refractivity contribution in [3.05, 3.63) is 52.2 Å². The molecule has 1 aliphatic heterocycles. The third-order valence-corrected chi connectivity index (χ3v) is 8.92. The number of hydrogen-bond acceptors (Lipinski definition) is 12. The first kappa shape index (κ1) is 31.3. The molecule has 226 valence electrons. The SMILES string of the molecule is CCOC(=O)c1sc(Nc2nc(CC(=O)N(C)C3CCN(C)CC3)cc(NCc3ccc(S(N)(=O)=O)cc3)n2)nc1C. The molecule has 13 nitrogen and oxygen atoms in total. The molecular formula is C27H36N8O5S2. The smallest absolute Gasteiger partial charge is 0.350 e. The van der Waals surface area contributed by atoms with Crippen LogP contribution in [-0.4, -0.2) is 84.9 Å². The molecule has 0 aliphatic carbocycles. The number of thiazole rings is 1. The Balaban J connectivity index is 1.54. The van der Waals surface area contributed by atoms with E-state index in [1.165, 1.54) is 12.1 Å². The molecule has 0 unspecified atom stereocenters. The van der Waals surface area contributed by atoms with E-state index >= 15 is 0 Å². The van der Waals surface area contributed by atoms with Crippen molar-refractivity contribution in [1.29, 1.82) is 0 Å². The minimum absolute atomic E-state index is 0.0234. The largest absolute Gasteiger partial charge is 0.462 e. The van der Waals surface area contributed by atoms with Gasteiger partial charge in [-0.25, -0.2) is 28.3 Å². The number of nitrogens with one attached hydrogen (secondary N) is 2. The van der Waals surface area contributed by atoms with E-state index in [0.29, 0.717) is 33.8 Å². The molecular weight excluding hydrogens is 580 g/mol. The van der Waals surface area contributed by atoms with Crippen LogP contribution in [0, 0.1) is 6.92 Å². The van der Waals surface area contributed by atoms with E-state index in [1.54, 1.807) is 36.9 Å². The predicted molar refractivity (Wildman–Crippen MR) is 160 cm³/mol. The maximum absolute atomic E-state index is 13.2. The highest BCUT2D eigenvalue weighted by atomic mass is 32.2. The van der Waals surface area contributed by atoms with Crippen molar-refractivity contribution < 1.29 is 22.7 Å². The van der Waals surface area contributed by atoms with Crippen molar-refractivity contribution in [3.8, 4) is 0 Å². The minimum atomic E-state index is -3.79. The quantitative estimate of drug-likeness (QED) is 0.270. The molecule has 4 rings (SSSR count). The number of esters is 1. The van der Waals surface area contributed by atoms with Crippen LogP contribution in [0.3, 0.4) is 0 Å². The van der Waals surface area contributed by atoms with E-state index in [0.717, 1.165) is 42.8 Å². The molecule has 1 saturated heterocycles. The zero-order valence-electron chi connectivity index (χ0n) is 24.1. The first-order valence-electron chi connectivity index (χ1n) is 13.5. The highest BCUT2D eigenvalue weighted by molar-refractivity contribution is 7.89. The molecule has 1 fully saturated rings. The van der Waals surface area contributed by atoms with Gasteiger partial charge in [0.1, 0.15) is 10.7 Å². The third-order valence-electron chi connectivity index (χ3n) is 6.94. The summed E-state index contributed by atoms with van der Waals surface area (Å²) in [5, 5.41) is 11.9. The Hall–Kier alpha value is -3.66. The van der Waals surface area contributed by atoms with Crippen molar-refractivity contribution in [2.24, 2.45) is 5.14 Å². The summed E-state index contributed by atoms with van der Waals surface area (Å²) in [6.07, 6.45) is 1.90. The third kappa shape index (κ3) is 8.21. The second-order valence-corrected chi connectivity index (χ2v) is 12.7. The lowest BCUT2D eigenvalue weighted by Gasteiger charge is -2.35. The number of carbonyl (C=O) groups excluding carboxylic acids is 2. The summed E-state index contributed by atoms with van der Waals surface area (Å²) < 4.78 is 28.2. The number of sulfonamides is 1. The number of aryl methyl sites for hydroxylation is 1. The van der Waals surface area contributed by atoms with Crippen LogP contribution in [0.15, 0.2) is 35.2 Å². The summed E-state index contributed by atoms with van der Waals surface area (Å²) in [6, 6.07) is 8.07. The molecule has 3 heterocycles. The normalized spacial score (nSPS) is 14.4. The van der Waals surface area contributed by atoms with Crippen LogP contribution in [0.4, 0.5) is 16.9 Å². The maximum Gasteiger partial charge on any atom is 0.350 e. The molecule has 42 heavy (non-hydrogen) atoms. The van der Waals surface area contributed by atoms with E-state index in [9.17, 15) is 18.0 Å². The second kappa shape index (κ2) is 13.5. The van der Waals surface area contributed by atoms with Gasteiger partial charge in [-0.05, 0) is 64.5 Å². The molecule has 0 saturated carbocycles. The summed E-state index contributed by atoms with van der Waals surface area (Å²) >= 11 is 1.13. The summed E-state index contributed by atoms with van der Waals surface area (Å²) in [5.41, 5.74) is 1.82. The van der Waals surface area contributed by atoms with E-state index in [4.69, 9.17) is 9.88 Å². The molecule has 3 aromatic rings. The zero-order chi connectivity index (χ0) is 30.4. The van der Waals surface area contributed by atoms with Crippen molar-refractivity contribution in [2.75, 3.05) is 44.4 Å². The van der Waals surface area contributed by atoms with E-state index in [2.05, 4.69) is 37.5 Å². The number of aromatic nitrogens is 3. The molecule has 0 bridgehead atoms. The number of rotatable bonds is 11. The number of likely N-dealkylation sites (tertiary alicyclic amines) is 1. The number of likely N-dealkylation sites (N-methyl/N-ethyl adjacent to an activating group) is 1. The lowest BCUT2D eigenvalue weighted by Crippen LogP contribution is -2.45. The van der Waals surface area contributed by atoms with Crippen LogP contribution in [0.25, 0.3) is 0 Å². The van der Waals surface area contributed by atoms with Crippen LogP contribution < -0.4 is 15.8 Å². The lowest BCUT2D eigenvalue weighted by molar-refractivity contribution is -0.132. The number of benzene rings is 1. The summed E-state index contributed by atoms with van der Waals surface area (Å²) in [6.45, 7) is 5.92. The Bertz CT molecular complexity index is 1520.